The standard InChI is InChI=1S/C17H27N5O2/c1-2-24-13-8-6-12(7-9-13)21-17-19-10-14(15(18)23)16(22-17)20-11-4-3-5-11/h10-13H,2-9H2,1H3,(H2,18,23)(H2,19,20,21,22)/t12-,13-. The monoisotopic (exact) mass is 333 g/mol. The molecule has 0 radical (unpaired) electrons. The van der Waals surface area contributed by atoms with Crippen LogP contribution < -0.4 is 16.4 Å². The molecule has 2 aliphatic rings. The molecule has 2 saturated carbocycles. The van der Waals surface area contributed by atoms with Crippen molar-refractivity contribution >= 4 is 17.7 Å². The van der Waals surface area contributed by atoms with Crippen LogP contribution in [0.3, 0.4) is 0 Å². The van der Waals surface area contributed by atoms with E-state index in [0.717, 1.165) is 45.1 Å². The number of nitrogens with one attached hydrogen (secondary N) is 2. The lowest BCUT2D eigenvalue weighted by molar-refractivity contribution is 0.0346. The lowest BCUT2D eigenvalue weighted by atomic mass is 9.93. The minimum Gasteiger partial charge on any atom is -0.379 e. The van der Waals surface area contributed by atoms with E-state index in [0.29, 0.717) is 35.5 Å². The van der Waals surface area contributed by atoms with E-state index in [1.807, 2.05) is 6.92 Å². The molecule has 0 atom stereocenters. The van der Waals surface area contributed by atoms with Gasteiger partial charge in [0, 0.05) is 24.9 Å². The van der Waals surface area contributed by atoms with Crippen molar-refractivity contribution in [3.05, 3.63) is 11.8 Å². The smallest absolute Gasteiger partial charge is 0.254 e. The Hall–Kier alpha value is -1.89. The van der Waals surface area contributed by atoms with E-state index in [1.165, 1.54) is 12.6 Å². The van der Waals surface area contributed by atoms with Gasteiger partial charge in [0.05, 0.1) is 11.7 Å². The van der Waals surface area contributed by atoms with Gasteiger partial charge < -0.3 is 21.1 Å². The van der Waals surface area contributed by atoms with Crippen LogP contribution in [0.2, 0.25) is 0 Å². The molecule has 3 rings (SSSR count). The normalized spacial score (nSPS) is 24.2. The Morgan fingerprint density at radius 3 is 2.50 bits per heavy atom. The van der Waals surface area contributed by atoms with Gasteiger partial charge in [-0.2, -0.15) is 4.98 Å². The molecular formula is C17H27N5O2. The first-order valence-electron chi connectivity index (χ1n) is 8.97. The Morgan fingerprint density at radius 1 is 1.21 bits per heavy atom. The van der Waals surface area contributed by atoms with Gasteiger partial charge in [0.2, 0.25) is 5.95 Å². The second kappa shape index (κ2) is 7.79. The van der Waals surface area contributed by atoms with Crippen molar-refractivity contribution in [2.75, 3.05) is 17.2 Å². The number of primary amides is 1. The Balaban J connectivity index is 1.63. The van der Waals surface area contributed by atoms with Crippen LogP contribution in [0.5, 0.6) is 0 Å². The van der Waals surface area contributed by atoms with Crippen LogP contribution in [0.1, 0.15) is 62.2 Å². The van der Waals surface area contributed by atoms with Crippen LogP contribution in [0.4, 0.5) is 11.8 Å². The summed E-state index contributed by atoms with van der Waals surface area (Å²) in [6.45, 7) is 2.81. The summed E-state index contributed by atoms with van der Waals surface area (Å²) in [4.78, 5) is 20.3. The van der Waals surface area contributed by atoms with Crippen LogP contribution in [0, 0.1) is 0 Å². The molecule has 7 nitrogen and oxygen atoms in total. The van der Waals surface area contributed by atoms with Gasteiger partial charge in [-0.25, -0.2) is 4.98 Å². The molecule has 0 unspecified atom stereocenters. The third kappa shape index (κ3) is 4.14. The first-order chi connectivity index (χ1) is 11.7. The largest absolute Gasteiger partial charge is 0.379 e. The summed E-state index contributed by atoms with van der Waals surface area (Å²) < 4.78 is 5.68. The van der Waals surface area contributed by atoms with Crippen LogP contribution in [0.15, 0.2) is 6.20 Å². The van der Waals surface area contributed by atoms with Crippen molar-refractivity contribution in [2.45, 2.75) is 70.1 Å². The van der Waals surface area contributed by atoms with Gasteiger partial charge in [-0.3, -0.25) is 4.79 Å². The number of carbonyl (C=O) groups is 1. The predicted octanol–water partition coefficient (Wildman–Crippen LogP) is 2.30. The predicted molar refractivity (Wildman–Crippen MR) is 93.1 cm³/mol. The molecule has 1 amide bonds. The second-order valence-corrected chi connectivity index (χ2v) is 6.67. The molecule has 1 aromatic rings. The van der Waals surface area contributed by atoms with Crippen LogP contribution in [0.25, 0.3) is 0 Å². The van der Waals surface area contributed by atoms with Gasteiger partial charge in [-0.05, 0) is 51.9 Å². The van der Waals surface area contributed by atoms with Crippen LogP contribution in [-0.2, 0) is 4.74 Å². The van der Waals surface area contributed by atoms with Crippen molar-refractivity contribution in [3.8, 4) is 0 Å². The highest BCUT2D eigenvalue weighted by Gasteiger charge is 2.24. The topological polar surface area (TPSA) is 102 Å². The van der Waals surface area contributed by atoms with E-state index in [2.05, 4.69) is 20.6 Å². The number of ether oxygens (including phenoxy) is 1. The molecule has 24 heavy (non-hydrogen) atoms. The first kappa shape index (κ1) is 17.0. The summed E-state index contributed by atoms with van der Waals surface area (Å²) in [5, 5.41) is 6.71. The zero-order valence-corrected chi connectivity index (χ0v) is 14.3. The second-order valence-electron chi connectivity index (χ2n) is 6.67. The number of hydrogen-bond donors (Lipinski definition) is 3. The molecule has 0 aromatic carbocycles. The van der Waals surface area contributed by atoms with Gasteiger partial charge in [0.15, 0.2) is 0 Å². The molecule has 2 fully saturated rings. The van der Waals surface area contributed by atoms with Crippen LogP contribution >= 0.6 is 0 Å². The Labute approximate surface area is 142 Å². The zero-order chi connectivity index (χ0) is 16.9. The summed E-state index contributed by atoms with van der Waals surface area (Å²) in [5.74, 6) is 0.606. The average molecular weight is 333 g/mol. The van der Waals surface area contributed by atoms with E-state index >= 15 is 0 Å². The van der Waals surface area contributed by atoms with E-state index < -0.39 is 5.91 Å². The van der Waals surface area contributed by atoms with Gasteiger partial charge in [-0.1, -0.05) is 0 Å². The number of nitrogens with zero attached hydrogens (tertiary/aromatic N) is 2. The van der Waals surface area contributed by atoms with Crippen molar-refractivity contribution in [1.29, 1.82) is 0 Å². The molecule has 0 aliphatic heterocycles. The summed E-state index contributed by atoms with van der Waals surface area (Å²) >= 11 is 0. The Bertz CT molecular complexity index is 568. The van der Waals surface area contributed by atoms with Gasteiger partial charge in [-0.15, -0.1) is 0 Å². The molecule has 4 N–H and O–H groups in total. The third-order valence-electron chi connectivity index (χ3n) is 4.91. The number of aromatic nitrogens is 2. The number of rotatable bonds is 7. The molecule has 0 bridgehead atoms. The highest BCUT2D eigenvalue weighted by atomic mass is 16.5. The fourth-order valence-electron chi connectivity index (χ4n) is 3.28. The third-order valence-corrected chi connectivity index (χ3v) is 4.91. The maximum atomic E-state index is 11.6. The summed E-state index contributed by atoms with van der Waals surface area (Å²) in [7, 11) is 0. The maximum Gasteiger partial charge on any atom is 0.254 e. The maximum absolute atomic E-state index is 11.6. The van der Waals surface area contributed by atoms with E-state index in [1.54, 1.807) is 0 Å². The van der Waals surface area contributed by atoms with Gasteiger partial charge in [0.25, 0.3) is 5.91 Å². The molecule has 7 heteroatoms. The summed E-state index contributed by atoms with van der Waals surface area (Å²) in [5.41, 5.74) is 5.79. The van der Waals surface area contributed by atoms with Crippen LogP contribution in [-0.4, -0.2) is 40.7 Å². The number of anilines is 2. The minimum absolute atomic E-state index is 0.345. The molecule has 0 spiro atoms. The summed E-state index contributed by atoms with van der Waals surface area (Å²) in [6, 6.07) is 0.727. The SMILES string of the molecule is CCO[C@H]1CC[C@H](Nc2ncc(C(N)=O)c(NC3CCC3)n2)CC1. The van der Waals surface area contributed by atoms with Crippen molar-refractivity contribution < 1.29 is 9.53 Å². The Morgan fingerprint density at radius 2 is 1.92 bits per heavy atom. The zero-order valence-electron chi connectivity index (χ0n) is 14.3. The average Bonchev–Trinajstić information content (AvgIpc) is 2.53. The highest BCUT2D eigenvalue weighted by Crippen LogP contribution is 2.26. The fourth-order valence-corrected chi connectivity index (χ4v) is 3.28. The van der Waals surface area contributed by atoms with Gasteiger partial charge in [0.1, 0.15) is 5.82 Å². The van der Waals surface area contributed by atoms with Crippen molar-refractivity contribution in [3.63, 3.8) is 0 Å². The highest BCUT2D eigenvalue weighted by molar-refractivity contribution is 5.97. The molecule has 132 valence electrons. The quantitative estimate of drug-likeness (QED) is 0.707. The minimum atomic E-state index is -0.499. The number of amides is 1. The lowest BCUT2D eigenvalue weighted by Crippen LogP contribution is -2.32. The molecular weight excluding hydrogens is 306 g/mol. The van der Waals surface area contributed by atoms with E-state index in [4.69, 9.17) is 10.5 Å². The van der Waals surface area contributed by atoms with E-state index in [9.17, 15) is 4.79 Å². The molecule has 1 aromatic heterocycles. The molecule has 2 aliphatic carbocycles. The van der Waals surface area contributed by atoms with Gasteiger partial charge >= 0.3 is 0 Å². The fraction of sp³-hybridized carbons (Fsp3) is 0.706. The first-order valence-corrected chi connectivity index (χ1v) is 8.97. The molecule has 0 saturated heterocycles. The number of carbonyl (C=O) groups excluding carboxylic acids is 1. The van der Waals surface area contributed by atoms with E-state index in [-0.39, 0.29) is 0 Å². The number of nitrogens with two attached hydrogens (primary N) is 1. The summed E-state index contributed by atoms with van der Waals surface area (Å²) in [6.07, 6.45) is 9.50. The lowest BCUT2D eigenvalue weighted by Gasteiger charge is -2.29. The van der Waals surface area contributed by atoms with Crippen molar-refractivity contribution in [1.82, 2.24) is 9.97 Å². The Kier molecular flexibility index (Phi) is 5.50. The number of hydrogen-bond acceptors (Lipinski definition) is 6. The molecule has 1 heterocycles. The van der Waals surface area contributed by atoms with Crippen molar-refractivity contribution in [2.24, 2.45) is 5.73 Å².